The molecule has 0 spiro atoms. The average Bonchev–Trinajstić information content (AvgIpc) is 3.20. The predicted octanol–water partition coefficient (Wildman–Crippen LogP) is 3.23. The molecule has 0 saturated carbocycles. The zero-order valence-electron chi connectivity index (χ0n) is 12.9. The van der Waals surface area contributed by atoms with Crippen LogP contribution in [0.1, 0.15) is 11.6 Å². The van der Waals surface area contributed by atoms with Gasteiger partial charge in [0.1, 0.15) is 11.6 Å². The molecule has 0 radical (unpaired) electrons. The molecule has 0 aliphatic rings. The molecular formula is C16H15ClN4O2S. The van der Waals surface area contributed by atoms with E-state index in [2.05, 4.69) is 15.5 Å². The fourth-order valence-corrected chi connectivity index (χ4v) is 3.14. The van der Waals surface area contributed by atoms with E-state index in [1.54, 1.807) is 18.4 Å². The third-order valence-corrected chi connectivity index (χ3v) is 4.40. The van der Waals surface area contributed by atoms with Crippen LogP contribution in [0.2, 0.25) is 5.02 Å². The summed E-state index contributed by atoms with van der Waals surface area (Å²) in [5.74, 6) is 1.58. The van der Waals surface area contributed by atoms with Crippen LogP contribution < -0.4 is 5.32 Å². The van der Waals surface area contributed by atoms with Gasteiger partial charge in [-0.25, -0.2) is 0 Å². The lowest BCUT2D eigenvalue weighted by Gasteiger charge is -2.08. The van der Waals surface area contributed by atoms with Crippen molar-refractivity contribution in [3.8, 4) is 5.69 Å². The van der Waals surface area contributed by atoms with Gasteiger partial charge < -0.3 is 9.73 Å². The number of benzene rings is 1. The number of carbonyl (C=O) groups is 1. The molecule has 6 nitrogen and oxygen atoms in total. The van der Waals surface area contributed by atoms with E-state index < -0.39 is 0 Å². The second-order valence-electron chi connectivity index (χ2n) is 4.99. The van der Waals surface area contributed by atoms with Gasteiger partial charge in [0.05, 0.1) is 24.2 Å². The molecule has 0 atom stereocenters. The molecule has 0 saturated heterocycles. The summed E-state index contributed by atoms with van der Waals surface area (Å²) in [7, 11) is 0. The largest absolute Gasteiger partial charge is 0.467 e. The molecule has 2 heterocycles. The number of aryl methyl sites for hydroxylation is 1. The summed E-state index contributed by atoms with van der Waals surface area (Å²) in [6, 6.07) is 11.0. The first-order valence-electron chi connectivity index (χ1n) is 7.23. The summed E-state index contributed by atoms with van der Waals surface area (Å²) in [6.07, 6.45) is 1.58. The lowest BCUT2D eigenvalue weighted by atomic mass is 10.3. The van der Waals surface area contributed by atoms with Crippen LogP contribution in [0.15, 0.2) is 52.2 Å². The van der Waals surface area contributed by atoms with Gasteiger partial charge in [0.25, 0.3) is 0 Å². The highest BCUT2D eigenvalue weighted by Crippen LogP contribution is 2.23. The Kier molecular flexibility index (Phi) is 5.22. The molecule has 124 valence electrons. The van der Waals surface area contributed by atoms with Gasteiger partial charge in [0.2, 0.25) is 5.91 Å². The van der Waals surface area contributed by atoms with Crippen molar-refractivity contribution in [3.05, 3.63) is 59.3 Å². The number of thioether (sulfide) groups is 1. The van der Waals surface area contributed by atoms with Gasteiger partial charge in [-0.1, -0.05) is 29.4 Å². The molecule has 2 aromatic heterocycles. The van der Waals surface area contributed by atoms with Crippen LogP contribution in [0, 0.1) is 6.92 Å². The Morgan fingerprint density at radius 2 is 2.21 bits per heavy atom. The highest BCUT2D eigenvalue weighted by atomic mass is 35.5. The van der Waals surface area contributed by atoms with E-state index in [4.69, 9.17) is 16.0 Å². The standard InChI is InChI=1S/C16H15ClN4O2S/c1-11-19-20-16(21(11)13-5-2-4-12(17)8-13)24-10-15(22)18-9-14-6-3-7-23-14/h2-8H,9-10H2,1H3,(H,18,22). The van der Waals surface area contributed by atoms with Crippen molar-refractivity contribution in [2.24, 2.45) is 0 Å². The summed E-state index contributed by atoms with van der Waals surface area (Å²) < 4.78 is 7.05. The molecule has 0 unspecified atom stereocenters. The summed E-state index contributed by atoms with van der Waals surface area (Å²) in [5, 5.41) is 12.3. The number of nitrogens with one attached hydrogen (secondary N) is 1. The molecule has 0 aliphatic heterocycles. The predicted molar refractivity (Wildman–Crippen MR) is 92.4 cm³/mol. The van der Waals surface area contributed by atoms with Crippen molar-refractivity contribution < 1.29 is 9.21 Å². The molecule has 3 aromatic rings. The van der Waals surface area contributed by atoms with Gasteiger partial charge in [-0.2, -0.15) is 0 Å². The van der Waals surface area contributed by atoms with Crippen molar-refractivity contribution in [2.75, 3.05) is 5.75 Å². The van der Waals surface area contributed by atoms with Gasteiger partial charge in [0, 0.05) is 5.02 Å². The van der Waals surface area contributed by atoms with Gasteiger partial charge in [-0.3, -0.25) is 9.36 Å². The van der Waals surface area contributed by atoms with E-state index in [9.17, 15) is 4.79 Å². The molecule has 0 aliphatic carbocycles. The summed E-state index contributed by atoms with van der Waals surface area (Å²) in [4.78, 5) is 12.0. The van der Waals surface area contributed by atoms with Crippen molar-refractivity contribution in [1.82, 2.24) is 20.1 Å². The molecule has 1 amide bonds. The van der Waals surface area contributed by atoms with Crippen LogP contribution in [-0.2, 0) is 11.3 Å². The first kappa shape index (κ1) is 16.6. The highest BCUT2D eigenvalue weighted by molar-refractivity contribution is 7.99. The topological polar surface area (TPSA) is 73.0 Å². The number of furan rings is 1. The first-order valence-corrected chi connectivity index (χ1v) is 8.59. The third kappa shape index (κ3) is 3.98. The second-order valence-corrected chi connectivity index (χ2v) is 6.37. The number of carbonyl (C=O) groups excluding carboxylic acids is 1. The minimum atomic E-state index is -0.102. The number of nitrogens with zero attached hydrogens (tertiary/aromatic N) is 3. The van der Waals surface area contributed by atoms with Crippen LogP contribution in [0.3, 0.4) is 0 Å². The van der Waals surface area contributed by atoms with E-state index in [1.165, 1.54) is 11.8 Å². The van der Waals surface area contributed by atoms with E-state index in [1.807, 2.05) is 35.8 Å². The van der Waals surface area contributed by atoms with Crippen molar-refractivity contribution in [1.29, 1.82) is 0 Å². The molecule has 3 rings (SSSR count). The van der Waals surface area contributed by atoms with Crippen LogP contribution >= 0.6 is 23.4 Å². The zero-order chi connectivity index (χ0) is 16.9. The van der Waals surface area contributed by atoms with E-state index >= 15 is 0 Å². The monoisotopic (exact) mass is 362 g/mol. The van der Waals surface area contributed by atoms with Crippen molar-refractivity contribution in [3.63, 3.8) is 0 Å². The Labute approximate surface area is 148 Å². The summed E-state index contributed by atoms with van der Waals surface area (Å²) in [5.41, 5.74) is 0.864. The Morgan fingerprint density at radius 1 is 1.33 bits per heavy atom. The number of hydrogen-bond acceptors (Lipinski definition) is 5. The van der Waals surface area contributed by atoms with E-state index in [-0.39, 0.29) is 11.7 Å². The van der Waals surface area contributed by atoms with Crippen LogP contribution in [-0.4, -0.2) is 26.4 Å². The Bertz CT molecular complexity index is 832. The number of hydrogen-bond donors (Lipinski definition) is 1. The maximum Gasteiger partial charge on any atom is 0.230 e. The van der Waals surface area contributed by atoms with Gasteiger partial charge in [-0.15, -0.1) is 10.2 Å². The quantitative estimate of drug-likeness (QED) is 0.681. The van der Waals surface area contributed by atoms with E-state index in [0.29, 0.717) is 22.5 Å². The smallest absolute Gasteiger partial charge is 0.230 e. The van der Waals surface area contributed by atoms with Crippen LogP contribution in [0.5, 0.6) is 0 Å². The normalized spacial score (nSPS) is 10.8. The summed E-state index contributed by atoms with van der Waals surface area (Å²) in [6.45, 7) is 2.22. The number of rotatable bonds is 6. The maximum atomic E-state index is 12.0. The molecule has 1 aromatic carbocycles. The third-order valence-electron chi connectivity index (χ3n) is 3.23. The zero-order valence-corrected chi connectivity index (χ0v) is 14.5. The molecule has 8 heteroatoms. The Balaban J connectivity index is 1.64. The lowest BCUT2D eigenvalue weighted by Crippen LogP contribution is -2.24. The van der Waals surface area contributed by atoms with Crippen molar-refractivity contribution >= 4 is 29.3 Å². The number of amides is 1. The van der Waals surface area contributed by atoms with Crippen molar-refractivity contribution in [2.45, 2.75) is 18.6 Å². The van der Waals surface area contributed by atoms with Gasteiger partial charge >= 0.3 is 0 Å². The van der Waals surface area contributed by atoms with Gasteiger partial charge in [-0.05, 0) is 37.3 Å². The summed E-state index contributed by atoms with van der Waals surface area (Å²) >= 11 is 7.37. The average molecular weight is 363 g/mol. The first-order chi connectivity index (χ1) is 11.6. The lowest BCUT2D eigenvalue weighted by molar-refractivity contribution is -0.118. The maximum absolute atomic E-state index is 12.0. The fourth-order valence-electron chi connectivity index (χ4n) is 2.13. The minimum absolute atomic E-state index is 0.102. The fraction of sp³-hybridized carbons (Fsp3) is 0.188. The van der Waals surface area contributed by atoms with Crippen LogP contribution in [0.25, 0.3) is 5.69 Å². The van der Waals surface area contributed by atoms with E-state index in [0.717, 1.165) is 11.5 Å². The SMILES string of the molecule is Cc1nnc(SCC(=O)NCc2ccco2)n1-c1cccc(Cl)c1. The second kappa shape index (κ2) is 7.55. The van der Waals surface area contributed by atoms with Crippen LogP contribution in [0.4, 0.5) is 0 Å². The number of aromatic nitrogens is 3. The molecular weight excluding hydrogens is 348 g/mol. The molecule has 0 fully saturated rings. The Morgan fingerprint density at radius 3 is 2.96 bits per heavy atom. The highest BCUT2D eigenvalue weighted by Gasteiger charge is 2.13. The minimum Gasteiger partial charge on any atom is -0.467 e. The molecule has 24 heavy (non-hydrogen) atoms. The number of halogens is 1. The van der Waals surface area contributed by atoms with Gasteiger partial charge in [0.15, 0.2) is 5.16 Å². The molecule has 0 bridgehead atoms. The Hall–Kier alpha value is -2.25. The molecule has 1 N–H and O–H groups in total.